The van der Waals surface area contributed by atoms with Gasteiger partial charge in [-0.15, -0.1) is 0 Å². The third-order valence-electron chi connectivity index (χ3n) is 3.82. The van der Waals surface area contributed by atoms with E-state index in [0.29, 0.717) is 5.41 Å². The number of hydrogen-bond acceptors (Lipinski definition) is 2. The Hall–Kier alpha value is -0.0800. The molecule has 0 bridgehead atoms. The molecule has 1 atom stereocenters. The van der Waals surface area contributed by atoms with Gasteiger partial charge >= 0.3 is 0 Å². The van der Waals surface area contributed by atoms with Crippen molar-refractivity contribution in [1.82, 2.24) is 4.90 Å². The van der Waals surface area contributed by atoms with E-state index in [-0.39, 0.29) is 0 Å². The highest BCUT2D eigenvalue weighted by Crippen LogP contribution is 2.24. The van der Waals surface area contributed by atoms with E-state index in [0.717, 1.165) is 12.6 Å². The summed E-state index contributed by atoms with van der Waals surface area (Å²) in [6, 6.07) is 0.867. The number of nitrogens with two attached hydrogens (primary N) is 1. The van der Waals surface area contributed by atoms with Crippen molar-refractivity contribution in [2.75, 3.05) is 19.6 Å². The standard InChI is InChI=1S/C13H28N2/c1-4-12-7-5-9-15(12)10-6-8-13(2,3)11-14/h12H,4-11,14H2,1-3H3. The van der Waals surface area contributed by atoms with Crippen LogP contribution >= 0.6 is 0 Å². The number of nitrogens with zero attached hydrogens (tertiary/aromatic N) is 1. The third-order valence-corrected chi connectivity index (χ3v) is 3.82. The fourth-order valence-corrected chi connectivity index (χ4v) is 2.51. The second kappa shape index (κ2) is 5.86. The van der Waals surface area contributed by atoms with Crippen molar-refractivity contribution in [2.24, 2.45) is 11.1 Å². The summed E-state index contributed by atoms with van der Waals surface area (Å²) in [5.74, 6) is 0. The molecule has 15 heavy (non-hydrogen) atoms. The van der Waals surface area contributed by atoms with Crippen molar-refractivity contribution in [2.45, 2.75) is 58.9 Å². The van der Waals surface area contributed by atoms with Gasteiger partial charge in [0.2, 0.25) is 0 Å². The molecule has 1 saturated heterocycles. The minimum Gasteiger partial charge on any atom is -0.330 e. The van der Waals surface area contributed by atoms with Crippen LogP contribution in [0.2, 0.25) is 0 Å². The van der Waals surface area contributed by atoms with Gasteiger partial charge in [0.05, 0.1) is 0 Å². The van der Waals surface area contributed by atoms with Gasteiger partial charge in [0.25, 0.3) is 0 Å². The molecule has 0 aliphatic carbocycles. The zero-order chi connectivity index (χ0) is 11.3. The van der Waals surface area contributed by atoms with Gasteiger partial charge in [0.15, 0.2) is 0 Å². The summed E-state index contributed by atoms with van der Waals surface area (Å²) in [4.78, 5) is 2.67. The molecule has 0 radical (unpaired) electrons. The van der Waals surface area contributed by atoms with E-state index in [1.54, 1.807) is 0 Å². The molecular weight excluding hydrogens is 184 g/mol. The predicted molar refractivity (Wildman–Crippen MR) is 67.0 cm³/mol. The van der Waals surface area contributed by atoms with Crippen molar-refractivity contribution in [3.8, 4) is 0 Å². The molecule has 0 aromatic carbocycles. The maximum absolute atomic E-state index is 5.74. The SMILES string of the molecule is CCC1CCCN1CCCC(C)(C)CN. The van der Waals surface area contributed by atoms with Crippen LogP contribution in [0.4, 0.5) is 0 Å². The van der Waals surface area contributed by atoms with Crippen LogP contribution in [0, 0.1) is 5.41 Å². The Labute approximate surface area is 95.2 Å². The molecule has 1 aliphatic rings. The molecule has 0 aromatic heterocycles. The molecular formula is C13H28N2. The average Bonchev–Trinajstić information content (AvgIpc) is 2.65. The van der Waals surface area contributed by atoms with Crippen LogP contribution in [0.25, 0.3) is 0 Å². The van der Waals surface area contributed by atoms with Crippen molar-refractivity contribution < 1.29 is 0 Å². The lowest BCUT2D eigenvalue weighted by Crippen LogP contribution is -2.31. The number of hydrogen-bond donors (Lipinski definition) is 1. The predicted octanol–water partition coefficient (Wildman–Crippen LogP) is 2.63. The molecule has 2 heteroatoms. The Balaban J connectivity index is 2.19. The van der Waals surface area contributed by atoms with E-state index >= 15 is 0 Å². The molecule has 1 aliphatic heterocycles. The van der Waals surface area contributed by atoms with E-state index in [9.17, 15) is 0 Å². The van der Waals surface area contributed by atoms with Crippen LogP contribution in [0.3, 0.4) is 0 Å². The van der Waals surface area contributed by atoms with Gasteiger partial charge in [-0.2, -0.15) is 0 Å². The summed E-state index contributed by atoms with van der Waals surface area (Å²) >= 11 is 0. The van der Waals surface area contributed by atoms with Crippen molar-refractivity contribution in [3.63, 3.8) is 0 Å². The second-order valence-corrected chi connectivity index (χ2v) is 5.71. The summed E-state index contributed by atoms with van der Waals surface area (Å²) in [7, 11) is 0. The summed E-state index contributed by atoms with van der Waals surface area (Å²) in [5.41, 5.74) is 6.08. The maximum atomic E-state index is 5.74. The fourth-order valence-electron chi connectivity index (χ4n) is 2.51. The average molecular weight is 212 g/mol. The van der Waals surface area contributed by atoms with Gasteiger partial charge < -0.3 is 10.6 Å². The third kappa shape index (κ3) is 4.12. The summed E-state index contributed by atoms with van der Waals surface area (Å²) < 4.78 is 0. The van der Waals surface area contributed by atoms with Crippen LogP contribution in [-0.4, -0.2) is 30.6 Å². The molecule has 1 rings (SSSR count). The first-order valence-corrected chi connectivity index (χ1v) is 6.53. The Morgan fingerprint density at radius 2 is 2.13 bits per heavy atom. The van der Waals surface area contributed by atoms with Gasteiger partial charge in [-0.05, 0) is 57.2 Å². The van der Waals surface area contributed by atoms with E-state index in [4.69, 9.17) is 5.73 Å². The monoisotopic (exact) mass is 212 g/mol. The molecule has 0 amide bonds. The minimum absolute atomic E-state index is 0.335. The quantitative estimate of drug-likeness (QED) is 0.733. The first kappa shape index (κ1) is 13.0. The summed E-state index contributed by atoms with van der Waals surface area (Å²) in [6.07, 6.45) is 6.70. The van der Waals surface area contributed by atoms with Crippen molar-refractivity contribution >= 4 is 0 Å². The first-order chi connectivity index (χ1) is 7.09. The van der Waals surface area contributed by atoms with Crippen LogP contribution in [0.15, 0.2) is 0 Å². The Bertz CT molecular complexity index is 177. The van der Waals surface area contributed by atoms with E-state index in [1.165, 1.54) is 45.2 Å². The van der Waals surface area contributed by atoms with Gasteiger partial charge in [0, 0.05) is 6.04 Å². The minimum atomic E-state index is 0.335. The maximum Gasteiger partial charge on any atom is 0.00931 e. The van der Waals surface area contributed by atoms with E-state index in [2.05, 4.69) is 25.7 Å². The van der Waals surface area contributed by atoms with Gasteiger partial charge in [-0.3, -0.25) is 0 Å². The molecule has 90 valence electrons. The molecule has 2 N–H and O–H groups in total. The zero-order valence-electron chi connectivity index (χ0n) is 10.8. The zero-order valence-corrected chi connectivity index (χ0v) is 10.8. The Kier molecular flexibility index (Phi) is 5.07. The largest absolute Gasteiger partial charge is 0.330 e. The molecule has 0 spiro atoms. The van der Waals surface area contributed by atoms with E-state index in [1.807, 2.05) is 0 Å². The van der Waals surface area contributed by atoms with Crippen molar-refractivity contribution in [3.05, 3.63) is 0 Å². The molecule has 1 fully saturated rings. The van der Waals surface area contributed by atoms with Gasteiger partial charge in [0.1, 0.15) is 0 Å². The summed E-state index contributed by atoms with van der Waals surface area (Å²) in [6.45, 7) is 10.3. The van der Waals surface area contributed by atoms with Crippen LogP contribution in [0.1, 0.15) is 52.9 Å². The van der Waals surface area contributed by atoms with Crippen LogP contribution in [0.5, 0.6) is 0 Å². The molecule has 0 saturated carbocycles. The topological polar surface area (TPSA) is 29.3 Å². The lowest BCUT2D eigenvalue weighted by Gasteiger charge is -2.26. The second-order valence-electron chi connectivity index (χ2n) is 5.71. The van der Waals surface area contributed by atoms with Crippen LogP contribution < -0.4 is 5.73 Å². The van der Waals surface area contributed by atoms with Gasteiger partial charge in [-0.1, -0.05) is 20.8 Å². The molecule has 0 aromatic rings. The highest BCUT2D eigenvalue weighted by atomic mass is 15.2. The van der Waals surface area contributed by atoms with Crippen molar-refractivity contribution in [1.29, 1.82) is 0 Å². The normalized spacial score (nSPS) is 23.6. The number of rotatable bonds is 6. The Morgan fingerprint density at radius 1 is 1.40 bits per heavy atom. The fraction of sp³-hybridized carbons (Fsp3) is 1.00. The Morgan fingerprint density at radius 3 is 2.73 bits per heavy atom. The molecule has 1 heterocycles. The number of likely N-dealkylation sites (tertiary alicyclic amines) is 1. The first-order valence-electron chi connectivity index (χ1n) is 6.53. The molecule has 2 nitrogen and oxygen atoms in total. The highest BCUT2D eigenvalue weighted by Gasteiger charge is 2.23. The lowest BCUT2D eigenvalue weighted by molar-refractivity contribution is 0.224. The molecule has 1 unspecified atom stereocenters. The lowest BCUT2D eigenvalue weighted by atomic mass is 9.88. The van der Waals surface area contributed by atoms with Gasteiger partial charge in [-0.25, -0.2) is 0 Å². The highest BCUT2D eigenvalue weighted by molar-refractivity contribution is 4.78. The smallest absolute Gasteiger partial charge is 0.00931 e. The van der Waals surface area contributed by atoms with E-state index < -0.39 is 0 Å². The summed E-state index contributed by atoms with van der Waals surface area (Å²) in [5, 5.41) is 0. The van der Waals surface area contributed by atoms with Crippen LogP contribution in [-0.2, 0) is 0 Å².